The fourth-order valence-electron chi connectivity index (χ4n) is 4.09. The molecule has 0 aliphatic carbocycles. The van der Waals surface area contributed by atoms with Gasteiger partial charge in [0.2, 0.25) is 5.91 Å². The monoisotopic (exact) mass is 499 g/mol. The highest BCUT2D eigenvalue weighted by molar-refractivity contribution is 6.08. The average Bonchev–Trinajstić information content (AvgIpc) is 2.93. The van der Waals surface area contributed by atoms with Crippen LogP contribution >= 0.6 is 0 Å². The van der Waals surface area contributed by atoms with E-state index in [1.807, 2.05) is 29.2 Å². The van der Waals surface area contributed by atoms with Gasteiger partial charge in [0, 0.05) is 44.9 Å². The van der Waals surface area contributed by atoms with E-state index in [9.17, 15) is 9.18 Å². The molecule has 3 rings (SSSR count). The lowest BCUT2D eigenvalue weighted by Gasteiger charge is -2.34. The van der Waals surface area contributed by atoms with E-state index in [4.69, 9.17) is 17.8 Å². The van der Waals surface area contributed by atoms with E-state index in [1.54, 1.807) is 43.5 Å². The minimum Gasteiger partial charge on any atom is -0.353 e. The van der Waals surface area contributed by atoms with E-state index < -0.39 is 6.17 Å². The molecule has 192 valence electrons. The zero-order valence-electron chi connectivity index (χ0n) is 21.6. The molecule has 1 saturated heterocycles. The first kappa shape index (κ1) is 28.0. The Bertz CT molecular complexity index is 1110. The molecule has 0 N–H and O–H groups in total. The first-order chi connectivity index (χ1) is 18.0. The number of alkyl halides is 1. The lowest BCUT2D eigenvalue weighted by Crippen LogP contribution is -2.48. The molecule has 0 saturated carbocycles. The van der Waals surface area contributed by atoms with Crippen LogP contribution in [0.1, 0.15) is 49.0 Å². The smallest absolute Gasteiger partial charge is 0.246 e. The number of aryl methyl sites for hydroxylation is 1. The Hall–Kier alpha value is -3.55. The summed E-state index contributed by atoms with van der Waals surface area (Å²) in [6.45, 7) is 8.37. The molecular formula is C29H35BFN5O. The highest BCUT2D eigenvalue weighted by atomic mass is 19.1. The molecule has 37 heavy (non-hydrogen) atoms. The van der Waals surface area contributed by atoms with Gasteiger partial charge in [-0.05, 0) is 50.1 Å². The summed E-state index contributed by atoms with van der Waals surface area (Å²) in [5.41, 5.74) is 2.66. The quantitative estimate of drug-likeness (QED) is 0.176. The Morgan fingerprint density at radius 1 is 1.14 bits per heavy atom. The van der Waals surface area contributed by atoms with Crippen LogP contribution in [-0.4, -0.2) is 66.0 Å². The van der Waals surface area contributed by atoms with E-state index in [0.29, 0.717) is 42.9 Å². The minimum absolute atomic E-state index is 0.0656. The molecule has 1 atom stereocenters. The summed E-state index contributed by atoms with van der Waals surface area (Å²) in [6.07, 6.45) is 15.7. The van der Waals surface area contributed by atoms with Crippen molar-refractivity contribution in [3.05, 3.63) is 78.1 Å². The molecule has 1 fully saturated rings. The molecule has 0 spiro atoms. The van der Waals surface area contributed by atoms with Gasteiger partial charge in [-0.15, -0.1) is 0 Å². The molecule has 8 heteroatoms. The number of allylic oxidation sites excluding steroid dienone is 3. The van der Waals surface area contributed by atoms with Gasteiger partial charge in [-0.3, -0.25) is 4.79 Å². The van der Waals surface area contributed by atoms with Crippen molar-refractivity contribution in [2.75, 3.05) is 31.1 Å². The molecular weight excluding hydrogens is 464 g/mol. The van der Waals surface area contributed by atoms with Crippen LogP contribution in [-0.2, 0) is 11.2 Å². The number of anilines is 1. The van der Waals surface area contributed by atoms with Crippen LogP contribution in [0.3, 0.4) is 0 Å². The van der Waals surface area contributed by atoms with Gasteiger partial charge in [0.05, 0.1) is 30.6 Å². The standard InChI is InChI=1S/C29H35BFN5O/c1-3-10-23(31)11-9-13-26-25(12-5-7-17-30)34-27(24(4-2)33-26)15-16-29(37)36-21-19-35(20-22-36)28-14-6-8-18-32-28/h3-4,6,8-10,13-16,18,23H,2,5,7,11-12,17,19-22H2,1H3/b10-3-,13-9+,16-15+. The van der Waals surface area contributed by atoms with Gasteiger partial charge in [0.1, 0.15) is 12.0 Å². The molecule has 3 heterocycles. The number of nitrogens with zero attached hydrogens (tertiary/aromatic N) is 5. The van der Waals surface area contributed by atoms with Crippen LogP contribution in [0.15, 0.2) is 55.3 Å². The Kier molecular flexibility index (Phi) is 11.3. The second-order valence-corrected chi connectivity index (χ2v) is 8.79. The van der Waals surface area contributed by atoms with Gasteiger partial charge < -0.3 is 9.80 Å². The number of aromatic nitrogens is 3. The van der Waals surface area contributed by atoms with Crippen molar-refractivity contribution in [1.29, 1.82) is 0 Å². The second-order valence-electron chi connectivity index (χ2n) is 8.79. The third-order valence-electron chi connectivity index (χ3n) is 6.10. The molecule has 2 radical (unpaired) electrons. The highest BCUT2D eigenvalue weighted by Gasteiger charge is 2.20. The summed E-state index contributed by atoms with van der Waals surface area (Å²) in [5, 5.41) is 0. The van der Waals surface area contributed by atoms with E-state index >= 15 is 0 Å². The minimum atomic E-state index is -1.03. The maximum atomic E-state index is 13.8. The predicted molar refractivity (Wildman–Crippen MR) is 151 cm³/mol. The number of carbonyl (C=O) groups excluding carboxylic acids is 1. The first-order valence-corrected chi connectivity index (χ1v) is 12.9. The third kappa shape index (κ3) is 8.52. The van der Waals surface area contributed by atoms with E-state index in [2.05, 4.69) is 16.5 Å². The average molecular weight is 499 g/mol. The topological polar surface area (TPSA) is 62.2 Å². The van der Waals surface area contributed by atoms with Crippen LogP contribution in [0, 0.1) is 0 Å². The number of piperazine rings is 1. The summed E-state index contributed by atoms with van der Waals surface area (Å²) >= 11 is 0. The summed E-state index contributed by atoms with van der Waals surface area (Å²) < 4.78 is 13.8. The maximum Gasteiger partial charge on any atom is 0.246 e. The lowest BCUT2D eigenvalue weighted by molar-refractivity contribution is -0.126. The molecule has 2 aromatic heterocycles. The Labute approximate surface area is 221 Å². The van der Waals surface area contributed by atoms with Crippen molar-refractivity contribution in [2.24, 2.45) is 0 Å². The molecule has 0 aromatic carbocycles. The Morgan fingerprint density at radius 3 is 2.62 bits per heavy atom. The molecule has 1 amide bonds. The fraction of sp³-hybridized carbons (Fsp3) is 0.379. The summed E-state index contributed by atoms with van der Waals surface area (Å²) in [6, 6.07) is 5.84. The Balaban J connectivity index is 1.72. The molecule has 6 nitrogen and oxygen atoms in total. The number of halogens is 1. The maximum absolute atomic E-state index is 13.8. The molecule has 1 aliphatic heterocycles. The van der Waals surface area contributed by atoms with Crippen LogP contribution in [0.2, 0.25) is 6.32 Å². The fourth-order valence-corrected chi connectivity index (χ4v) is 4.09. The SMILES string of the molecule is [B]CCCCc1nc(/C=C/C(=O)N2CCN(c3ccccn3)CC2)c(C=C)nc1/C=C/CC(F)/C=C\C. The number of hydrogen-bond acceptors (Lipinski definition) is 5. The van der Waals surface area contributed by atoms with Gasteiger partial charge >= 0.3 is 0 Å². The number of amides is 1. The highest BCUT2D eigenvalue weighted by Crippen LogP contribution is 2.18. The van der Waals surface area contributed by atoms with Crippen molar-refractivity contribution in [1.82, 2.24) is 19.9 Å². The summed E-state index contributed by atoms with van der Waals surface area (Å²) in [7, 11) is 5.67. The molecule has 2 aromatic rings. The zero-order valence-corrected chi connectivity index (χ0v) is 21.6. The van der Waals surface area contributed by atoms with Crippen LogP contribution < -0.4 is 4.90 Å². The molecule has 1 unspecified atom stereocenters. The third-order valence-corrected chi connectivity index (χ3v) is 6.10. The van der Waals surface area contributed by atoms with E-state index in [0.717, 1.165) is 37.4 Å². The Morgan fingerprint density at radius 2 is 1.95 bits per heavy atom. The summed E-state index contributed by atoms with van der Waals surface area (Å²) in [5.74, 6) is 0.861. The van der Waals surface area contributed by atoms with Gasteiger partial charge in [0.25, 0.3) is 0 Å². The first-order valence-electron chi connectivity index (χ1n) is 12.9. The van der Waals surface area contributed by atoms with E-state index in [-0.39, 0.29) is 12.3 Å². The van der Waals surface area contributed by atoms with Gasteiger partial charge in [-0.1, -0.05) is 43.6 Å². The number of carbonyl (C=O) groups is 1. The van der Waals surface area contributed by atoms with E-state index in [1.165, 1.54) is 6.08 Å². The largest absolute Gasteiger partial charge is 0.353 e. The number of hydrogen-bond donors (Lipinski definition) is 0. The molecule has 0 bridgehead atoms. The van der Waals surface area contributed by atoms with Crippen molar-refractivity contribution in [3.8, 4) is 0 Å². The van der Waals surface area contributed by atoms with Crippen molar-refractivity contribution < 1.29 is 9.18 Å². The van der Waals surface area contributed by atoms with Crippen molar-refractivity contribution in [3.63, 3.8) is 0 Å². The number of rotatable bonds is 12. The lowest BCUT2D eigenvalue weighted by atomic mass is 9.98. The van der Waals surface area contributed by atoms with Crippen molar-refractivity contribution in [2.45, 2.75) is 45.1 Å². The van der Waals surface area contributed by atoms with Crippen LogP contribution in [0.25, 0.3) is 18.2 Å². The normalized spacial score (nSPS) is 15.2. The van der Waals surface area contributed by atoms with Crippen LogP contribution in [0.5, 0.6) is 0 Å². The van der Waals surface area contributed by atoms with Gasteiger partial charge in [-0.25, -0.2) is 19.3 Å². The van der Waals surface area contributed by atoms with Crippen molar-refractivity contribution >= 4 is 37.8 Å². The van der Waals surface area contributed by atoms with Gasteiger partial charge in [0.15, 0.2) is 0 Å². The zero-order chi connectivity index (χ0) is 26.5. The molecule has 1 aliphatic rings. The number of pyridine rings is 1. The van der Waals surface area contributed by atoms with Crippen LogP contribution in [0.4, 0.5) is 10.2 Å². The predicted octanol–water partition coefficient (Wildman–Crippen LogP) is 5.10. The summed E-state index contributed by atoms with van der Waals surface area (Å²) in [4.78, 5) is 30.8. The second kappa shape index (κ2) is 14.9. The van der Waals surface area contributed by atoms with Gasteiger partial charge in [-0.2, -0.15) is 0 Å². The number of unbranched alkanes of at least 4 members (excludes halogenated alkanes) is 1.